The molecule has 0 atom stereocenters. The Morgan fingerprint density at radius 2 is 2.32 bits per heavy atom. The Bertz CT molecular complexity index is 628. The van der Waals surface area contributed by atoms with E-state index in [1.54, 1.807) is 19.1 Å². The zero-order chi connectivity index (χ0) is 14.0. The highest BCUT2D eigenvalue weighted by molar-refractivity contribution is 5.96. The van der Waals surface area contributed by atoms with Crippen molar-refractivity contribution in [2.24, 2.45) is 7.05 Å². The van der Waals surface area contributed by atoms with Gasteiger partial charge >= 0.3 is 5.69 Å². The Morgan fingerprint density at radius 3 is 2.89 bits per heavy atom. The first-order chi connectivity index (χ1) is 8.99. The second-order valence-corrected chi connectivity index (χ2v) is 3.95. The number of carbonyl (C=O) groups is 1. The molecule has 0 aliphatic heterocycles. The van der Waals surface area contributed by atoms with Crippen LogP contribution in [0.25, 0.3) is 0 Å². The fourth-order valence-corrected chi connectivity index (χ4v) is 1.65. The summed E-state index contributed by atoms with van der Waals surface area (Å²) in [4.78, 5) is 22.0. The Balaban J connectivity index is 2.12. The number of hydrogen-bond acceptors (Lipinski definition) is 5. The molecule has 1 amide bonds. The van der Waals surface area contributed by atoms with Gasteiger partial charge in [-0.3, -0.25) is 19.6 Å². The van der Waals surface area contributed by atoms with Crippen LogP contribution < -0.4 is 5.32 Å². The van der Waals surface area contributed by atoms with Gasteiger partial charge in [0.25, 0.3) is 5.91 Å². The number of rotatable bonds is 4. The van der Waals surface area contributed by atoms with Gasteiger partial charge in [0.05, 0.1) is 11.5 Å². The predicted molar refractivity (Wildman–Crippen MR) is 64.5 cm³/mol. The summed E-state index contributed by atoms with van der Waals surface area (Å²) in [7, 11) is 1.47. The maximum absolute atomic E-state index is 11.9. The number of nitrogens with one attached hydrogen (secondary N) is 1. The van der Waals surface area contributed by atoms with Crippen molar-refractivity contribution >= 4 is 11.6 Å². The number of furan rings is 1. The van der Waals surface area contributed by atoms with E-state index in [4.69, 9.17) is 4.42 Å². The van der Waals surface area contributed by atoms with E-state index in [1.807, 2.05) is 0 Å². The first kappa shape index (κ1) is 12.8. The van der Waals surface area contributed by atoms with Crippen LogP contribution in [0, 0.1) is 17.0 Å². The first-order valence-corrected chi connectivity index (χ1v) is 5.49. The molecule has 19 heavy (non-hydrogen) atoms. The van der Waals surface area contributed by atoms with Crippen molar-refractivity contribution in [3.05, 3.63) is 45.7 Å². The van der Waals surface area contributed by atoms with Crippen LogP contribution in [0.4, 0.5) is 5.69 Å². The van der Waals surface area contributed by atoms with E-state index >= 15 is 0 Å². The molecule has 0 aliphatic carbocycles. The van der Waals surface area contributed by atoms with Gasteiger partial charge in [0.15, 0.2) is 0 Å². The van der Waals surface area contributed by atoms with Crippen LogP contribution in [-0.2, 0) is 13.6 Å². The lowest BCUT2D eigenvalue weighted by atomic mass is 10.3. The topological polar surface area (TPSA) is 103 Å². The van der Waals surface area contributed by atoms with Crippen LogP contribution in [-0.4, -0.2) is 20.6 Å². The normalized spacial score (nSPS) is 10.4. The summed E-state index contributed by atoms with van der Waals surface area (Å²) in [6, 6.07) is 3.50. The van der Waals surface area contributed by atoms with Crippen LogP contribution in [0.3, 0.4) is 0 Å². The third-order valence-corrected chi connectivity index (χ3v) is 2.55. The van der Waals surface area contributed by atoms with Crippen molar-refractivity contribution in [3.8, 4) is 0 Å². The molecule has 0 bridgehead atoms. The van der Waals surface area contributed by atoms with Crippen LogP contribution in [0.5, 0.6) is 0 Å². The van der Waals surface area contributed by atoms with Crippen molar-refractivity contribution in [2.45, 2.75) is 13.5 Å². The molecule has 100 valence electrons. The van der Waals surface area contributed by atoms with Crippen molar-refractivity contribution in [1.29, 1.82) is 0 Å². The van der Waals surface area contributed by atoms with Gasteiger partial charge in [0, 0.05) is 7.05 Å². The van der Waals surface area contributed by atoms with E-state index in [9.17, 15) is 14.9 Å². The molecule has 2 aromatic rings. The summed E-state index contributed by atoms with van der Waals surface area (Å²) < 4.78 is 6.46. The van der Waals surface area contributed by atoms with Crippen LogP contribution in [0.1, 0.15) is 22.0 Å². The summed E-state index contributed by atoms with van der Waals surface area (Å²) in [5.74, 6) is 0.743. The second kappa shape index (κ2) is 4.92. The molecule has 0 spiro atoms. The highest BCUT2D eigenvalue weighted by Gasteiger charge is 2.25. The molecule has 0 unspecified atom stereocenters. The molecule has 2 heterocycles. The molecule has 0 fully saturated rings. The van der Waals surface area contributed by atoms with E-state index in [2.05, 4.69) is 10.4 Å². The molecule has 0 saturated heterocycles. The summed E-state index contributed by atoms with van der Waals surface area (Å²) in [5, 5.41) is 17.0. The molecule has 0 saturated carbocycles. The average Bonchev–Trinajstić information content (AvgIpc) is 2.92. The number of aromatic nitrogens is 2. The van der Waals surface area contributed by atoms with Gasteiger partial charge in [-0.2, -0.15) is 5.10 Å². The molecule has 2 aromatic heterocycles. The SMILES string of the molecule is Cc1ccc(CNC(=O)c2c([N+](=O)[O-])cnn2C)o1. The highest BCUT2D eigenvalue weighted by Crippen LogP contribution is 2.16. The average molecular weight is 264 g/mol. The molecular weight excluding hydrogens is 252 g/mol. The third-order valence-electron chi connectivity index (χ3n) is 2.55. The minimum Gasteiger partial charge on any atom is -0.465 e. The molecule has 2 rings (SSSR count). The molecule has 8 heteroatoms. The van der Waals surface area contributed by atoms with E-state index < -0.39 is 10.8 Å². The number of amides is 1. The quantitative estimate of drug-likeness (QED) is 0.659. The molecule has 0 aromatic carbocycles. The van der Waals surface area contributed by atoms with Crippen molar-refractivity contribution in [1.82, 2.24) is 15.1 Å². The number of nitrogens with zero attached hydrogens (tertiary/aromatic N) is 3. The molecule has 0 radical (unpaired) electrons. The zero-order valence-corrected chi connectivity index (χ0v) is 10.4. The van der Waals surface area contributed by atoms with E-state index in [0.717, 1.165) is 12.0 Å². The van der Waals surface area contributed by atoms with Gasteiger partial charge in [-0.05, 0) is 19.1 Å². The van der Waals surface area contributed by atoms with E-state index in [0.29, 0.717) is 5.76 Å². The van der Waals surface area contributed by atoms with E-state index in [1.165, 1.54) is 11.7 Å². The number of nitro groups is 1. The Labute approximate surface area is 108 Å². The van der Waals surface area contributed by atoms with Gasteiger partial charge in [0.1, 0.15) is 17.7 Å². The number of hydrogen-bond donors (Lipinski definition) is 1. The standard InChI is InChI=1S/C11H12N4O4/c1-7-3-4-8(19-7)5-12-11(16)10-9(15(17)18)6-13-14(10)2/h3-4,6H,5H2,1-2H3,(H,12,16). The summed E-state index contributed by atoms with van der Waals surface area (Å²) >= 11 is 0. The van der Waals surface area contributed by atoms with E-state index in [-0.39, 0.29) is 17.9 Å². The molecule has 8 nitrogen and oxygen atoms in total. The first-order valence-electron chi connectivity index (χ1n) is 5.49. The van der Waals surface area contributed by atoms with Gasteiger partial charge < -0.3 is 9.73 Å². The smallest absolute Gasteiger partial charge is 0.320 e. The monoisotopic (exact) mass is 264 g/mol. The molecule has 1 N–H and O–H groups in total. The number of aryl methyl sites for hydroxylation is 2. The zero-order valence-electron chi connectivity index (χ0n) is 10.4. The van der Waals surface area contributed by atoms with Gasteiger partial charge in [-0.25, -0.2) is 0 Å². The fourth-order valence-electron chi connectivity index (χ4n) is 1.65. The minimum absolute atomic E-state index is 0.0896. The van der Waals surface area contributed by atoms with Gasteiger partial charge in [0.2, 0.25) is 5.69 Å². The lowest BCUT2D eigenvalue weighted by molar-refractivity contribution is -0.385. The number of carbonyl (C=O) groups excluding carboxylic acids is 1. The Morgan fingerprint density at radius 1 is 1.58 bits per heavy atom. The predicted octanol–water partition coefficient (Wildman–Crippen LogP) is 1.16. The van der Waals surface area contributed by atoms with Crippen molar-refractivity contribution in [3.63, 3.8) is 0 Å². The van der Waals surface area contributed by atoms with Gasteiger partial charge in [-0.15, -0.1) is 0 Å². The Kier molecular flexibility index (Phi) is 3.32. The maximum Gasteiger partial charge on any atom is 0.320 e. The lowest BCUT2D eigenvalue weighted by Gasteiger charge is -2.03. The van der Waals surface area contributed by atoms with Gasteiger partial charge in [-0.1, -0.05) is 0 Å². The van der Waals surface area contributed by atoms with Crippen LogP contribution in [0.2, 0.25) is 0 Å². The Hall–Kier alpha value is -2.64. The largest absolute Gasteiger partial charge is 0.465 e. The highest BCUT2D eigenvalue weighted by atomic mass is 16.6. The minimum atomic E-state index is -0.640. The summed E-state index contributed by atoms with van der Waals surface area (Å²) in [6.07, 6.45) is 1.05. The van der Waals surface area contributed by atoms with Crippen molar-refractivity contribution < 1.29 is 14.1 Å². The van der Waals surface area contributed by atoms with Crippen molar-refractivity contribution in [2.75, 3.05) is 0 Å². The second-order valence-electron chi connectivity index (χ2n) is 3.95. The van der Waals surface area contributed by atoms with Crippen LogP contribution >= 0.6 is 0 Å². The molecular formula is C11H12N4O4. The third kappa shape index (κ3) is 2.62. The lowest BCUT2D eigenvalue weighted by Crippen LogP contribution is -2.25. The maximum atomic E-state index is 11.9. The summed E-state index contributed by atoms with van der Waals surface area (Å²) in [5.41, 5.74) is -0.413. The molecule has 0 aliphatic rings. The summed E-state index contributed by atoms with van der Waals surface area (Å²) in [6.45, 7) is 1.95. The van der Waals surface area contributed by atoms with Crippen LogP contribution in [0.15, 0.2) is 22.7 Å². The fraction of sp³-hybridized carbons (Fsp3) is 0.273.